The van der Waals surface area contributed by atoms with E-state index >= 15 is 0 Å². The van der Waals surface area contributed by atoms with Crippen LogP contribution in [-0.4, -0.2) is 9.97 Å². The molecule has 5 heteroatoms. The Morgan fingerprint density at radius 3 is 2.66 bits per heavy atom. The number of unbranched alkanes of at least 4 members (excludes halogenated alkanes) is 1. The molecular weight excluding hydrogens is 378 g/mol. The summed E-state index contributed by atoms with van der Waals surface area (Å²) in [5.41, 5.74) is 6.24. The van der Waals surface area contributed by atoms with Gasteiger partial charge in [-0.3, -0.25) is 5.32 Å². The highest BCUT2D eigenvalue weighted by Crippen LogP contribution is 2.31. The van der Waals surface area contributed by atoms with Gasteiger partial charge in [0, 0.05) is 0 Å². The molecule has 5 aromatic rings. The number of nitrogens with one attached hydrogen (secondary N) is 1. The van der Waals surface area contributed by atoms with Crippen molar-refractivity contribution in [2.24, 2.45) is 0 Å². The van der Waals surface area contributed by atoms with Gasteiger partial charge in [0.1, 0.15) is 5.52 Å². The van der Waals surface area contributed by atoms with Gasteiger partial charge in [-0.05, 0) is 53.8 Å². The Hall–Kier alpha value is -3.18. The largest absolute Gasteiger partial charge is 0.423 e. The van der Waals surface area contributed by atoms with E-state index in [9.17, 15) is 0 Å². The highest BCUT2D eigenvalue weighted by atomic mass is 32.1. The molecule has 1 N–H and O–H groups in total. The number of rotatable bonds is 6. The second kappa shape index (κ2) is 7.68. The highest BCUT2D eigenvalue weighted by Gasteiger charge is 2.11. The van der Waals surface area contributed by atoms with Gasteiger partial charge in [-0.25, -0.2) is 4.98 Å². The summed E-state index contributed by atoms with van der Waals surface area (Å²) in [5.74, 6) is 0. The van der Waals surface area contributed by atoms with E-state index in [2.05, 4.69) is 64.7 Å². The molecule has 0 bridgehead atoms. The lowest BCUT2D eigenvalue weighted by Crippen LogP contribution is -1.88. The molecule has 0 aliphatic heterocycles. The molecule has 0 spiro atoms. The smallest absolute Gasteiger partial charge is 0.302 e. The van der Waals surface area contributed by atoms with Crippen LogP contribution in [0.15, 0.2) is 71.1 Å². The van der Waals surface area contributed by atoms with Crippen LogP contribution in [0.5, 0.6) is 0 Å². The van der Waals surface area contributed by atoms with Crippen molar-refractivity contribution in [2.45, 2.75) is 26.2 Å². The fraction of sp³-hybridized carbons (Fsp3) is 0.167. The fourth-order valence-electron chi connectivity index (χ4n) is 3.44. The van der Waals surface area contributed by atoms with E-state index in [0.29, 0.717) is 6.01 Å². The van der Waals surface area contributed by atoms with Gasteiger partial charge in [0.25, 0.3) is 0 Å². The Bertz CT molecular complexity index is 1270. The first kappa shape index (κ1) is 17.9. The predicted octanol–water partition coefficient (Wildman–Crippen LogP) is 7.19. The lowest BCUT2D eigenvalue weighted by atomic mass is 10.1. The van der Waals surface area contributed by atoms with Crippen LogP contribution in [0.25, 0.3) is 32.4 Å². The lowest BCUT2D eigenvalue weighted by molar-refractivity contribution is 0.623. The molecule has 3 aromatic carbocycles. The average Bonchev–Trinajstić information content (AvgIpc) is 3.34. The van der Waals surface area contributed by atoms with E-state index < -0.39 is 0 Å². The Morgan fingerprint density at radius 2 is 1.79 bits per heavy atom. The Balaban J connectivity index is 1.41. The summed E-state index contributed by atoms with van der Waals surface area (Å²) < 4.78 is 7.06. The maximum atomic E-state index is 5.88. The summed E-state index contributed by atoms with van der Waals surface area (Å²) in [7, 11) is 0. The molecule has 0 radical (unpaired) electrons. The zero-order chi connectivity index (χ0) is 19.6. The third-order valence-electron chi connectivity index (χ3n) is 4.98. The van der Waals surface area contributed by atoms with Crippen molar-refractivity contribution < 1.29 is 4.42 Å². The second-order valence-electron chi connectivity index (χ2n) is 7.12. The van der Waals surface area contributed by atoms with Crippen LogP contribution in [0, 0.1) is 0 Å². The van der Waals surface area contributed by atoms with Gasteiger partial charge >= 0.3 is 6.01 Å². The van der Waals surface area contributed by atoms with Gasteiger partial charge in [0.15, 0.2) is 10.7 Å². The van der Waals surface area contributed by atoms with Crippen LogP contribution in [-0.2, 0) is 6.42 Å². The van der Waals surface area contributed by atoms with Gasteiger partial charge in [0.2, 0.25) is 0 Å². The first-order valence-corrected chi connectivity index (χ1v) is 10.7. The number of benzene rings is 3. The zero-order valence-electron chi connectivity index (χ0n) is 16.2. The third kappa shape index (κ3) is 3.74. The van der Waals surface area contributed by atoms with Crippen LogP contribution in [0.4, 0.5) is 11.1 Å². The summed E-state index contributed by atoms with van der Waals surface area (Å²) >= 11 is 1.63. The molecule has 0 aliphatic carbocycles. The zero-order valence-corrected chi connectivity index (χ0v) is 17.0. The SMILES string of the molecule is CCCCc1ccc2nc(Nc3nc4cc(-c5ccccc5)ccc4o3)sc2c1. The van der Waals surface area contributed by atoms with Gasteiger partial charge in [-0.15, -0.1) is 0 Å². The Kier molecular flexibility index (Phi) is 4.74. The van der Waals surface area contributed by atoms with Gasteiger partial charge in [-0.1, -0.05) is 67.1 Å². The molecule has 0 fully saturated rings. The van der Waals surface area contributed by atoms with Crippen molar-refractivity contribution in [3.63, 3.8) is 0 Å². The second-order valence-corrected chi connectivity index (χ2v) is 8.15. The van der Waals surface area contributed by atoms with E-state index in [0.717, 1.165) is 39.3 Å². The third-order valence-corrected chi connectivity index (χ3v) is 5.91. The van der Waals surface area contributed by atoms with Crippen LogP contribution in [0.1, 0.15) is 25.3 Å². The molecule has 2 heterocycles. The molecule has 0 amide bonds. The van der Waals surface area contributed by atoms with Gasteiger partial charge in [-0.2, -0.15) is 4.98 Å². The summed E-state index contributed by atoms with van der Waals surface area (Å²) in [5, 5.41) is 4.03. The van der Waals surface area contributed by atoms with Crippen molar-refractivity contribution in [1.82, 2.24) is 9.97 Å². The van der Waals surface area contributed by atoms with Crippen molar-refractivity contribution in [2.75, 3.05) is 5.32 Å². The first-order valence-electron chi connectivity index (χ1n) is 9.91. The summed E-state index contributed by atoms with van der Waals surface area (Å²) in [6.45, 7) is 2.22. The van der Waals surface area contributed by atoms with Crippen molar-refractivity contribution in [3.05, 3.63) is 72.3 Å². The standard InChI is InChI=1S/C24H21N3OS/c1-2-3-7-16-10-12-19-22(14-16)29-24(26-19)27-23-25-20-15-18(11-13-21(20)28-23)17-8-5-4-6-9-17/h4-6,8-15H,2-3,7H2,1H3,(H,25,26,27). The minimum Gasteiger partial charge on any atom is -0.423 e. The van der Waals surface area contributed by atoms with E-state index in [1.54, 1.807) is 11.3 Å². The monoisotopic (exact) mass is 399 g/mol. The predicted molar refractivity (Wildman–Crippen MR) is 121 cm³/mol. The number of aromatic nitrogens is 2. The number of fused-ring (bicyclic) bond motifs is 2. The molecule has 4 nitrogen and oxygen atoms in total. The Morgan fingerprint density at radius 1 is 0.897 bits per heavy atom. The van der Waals surface area contributed by atoms with E-state index in [1.807, 2.05) is 24.3 Å². The summed E-state index contributed by atoms with van der Waals surface area (Å²) in [6.07, 6.45) is 3.53. The maximum Gasteiger partial charge on any atom is 0.302 e. The molecule has 0 saturated carbocycles. The van der Waals surface area contributed by atoms with Crippen LogP contribution in [0.3, 0.4) is 0 Å². The molecule has 0 atom stereocenters. The molecule has 0 unspecified atom stereocenters. The van der Waals surface area contributed by atoms with Gasteiger partial charge < -0.3 is 4.42 Å². The molecular formula is C24H21N3OS. The topological polar surface area (TPSA) is 51.0 Å². The minimum absolute atomic E-state index is 0.468. The number of thiazole rings is 1. The number of aryl methyl sites for hydroxylation is 1. The normalized spacial score (nSPS) is 11.3. The fourth-order valence-corrected chi connectivity index (χ4v) is 4.36. The van der Waals surface area contributed by atoms with Crippen LogP contribution >= 0.6 is 11.3 Å². The maximum absolute atomic E-state index is 5.88. The molecule has 144 valence electrons. The molecule has 5 rings (SSSR count). The van der Waals surface area contributed by atoms with Crippen molar-refractivity contribution >= 4 is 43.8 Å². The van der Waals surface area contributed by atoms with E-state index in [4.69, 9.17) is 4.42 Å². The minimum atomic E-state index is 0.468. The number of hydrogen-bond donors (Lipinski definition) is 1. The van der Waals surface area contributed by atoms with Crippen LogP contribution < -0.4 is 5.32 Å². The number of oxazole rings is 1. The highest BCUT2D eigenvalue weighted by molar-refractivity contribution is 7.22. The molecule has 0 saturated heterocycles. The van der Waals surface area contributed by atoms with E-state index in [-0.39, 0.29) is 0 Å². The van der Waals surface area contributed by atoms with Gasteiger partial charge in [0.05, 0.1) is 10.2 Å². The first-order chi connectivity index (χ1) is 14.3. The quantitative estimate of drug-likeness (QED) is 0.328. The molecule has 29 heavy (non-hydrogen) atoms. The lowest BCUT2D eigenvalue weighted by Gasteiger charge is -1.99. The van der Waals surface area contributed by atoms with Crippen LogP contribution in [0.2, 0.25) is 0 Å². The average molecular weight is 400 g/mol. The molecule has 0 aliphatic rings. The number of anilines is 2. The summed E-state index contributed by atoms with van der Waals surface area (Å²) in [6, 6.07) is 23.3. The summed E-state index contributed by atoms with van der Waals surface area (Å²) in [4.78, 5) is 9.28. The Labute approximate surface area is 173 Å². The number of nitrogens with zero attached hydrogens (tertiary/aromatic N) is 2. The van der Waals surface area contributed by atoms with Crippen molar-refractivity contribution in [1.29, 1.82) is 0 Å². The van der Waals surface area contributed by atoms with E-state index in [1.165, 1.54) is 23.1 Å². The molecule has 2 aromatic heterocycles. The number of hydrogen-bond acceptors (Lipinski definition) is 5. The van der Waals surface area contributed by atoms with Crippen molar-refractivity contribution in [3.8, 4) is 11.1 Å².